The Labute approximate surface area is 155 Å². The zero-order chi connectivity index (χ0) is 19.0. The van der Waals surface area contributed by atoms with Gasteiger partial charge in [0.15, 0.2) is 5.84 Å². The number of halogens is 2. The van der Waals surface area contributed by atoms with Crippen molar-refractivity contribution >= 4 is 49.7 Å². The van der Waals surface area contributed by atoms with Gasteiger partial charge in [-0.25, -0.2) is 13.8 Å². The van der Waals surface area contributed by atoms with Crippen molar-refractivity contribution < 1.29 is 8.78 Å². The average molecular weight is 382 g/mol. The van der Waals surface area contributed by atoms with Crippen LogP contribution in [0.1, 0.15) is 5.56 Å². The Hall–Kier alpha value is -3.46. The van der Waals surface area contributed by atoms with Crippen LogP contribution in [0.2, 0.25) is 0 Å². The number of hydrogen-bond acceptors (Lipinski definition) is 5. The fourth-order valence-electron chi connectivity index (χ4n) is 2.83. The third kappa shape index (κ3) is 3.20. The molecule has 4 rings (SSSR count). The van der Waals surface area contributed by atoms with E-state index in [1.165, 1.54) is 23.5 Å². The third-order valence-electron chi connectivity index (χ3n) is 3.97. The van der Waals surface area contributed by atoms with Crippen molar-refractivity contribution in [2.24, 2.45) is 16.1 Å². The van der Waals surface area contributed by atoms with Crippen LogP contribution in [-0.2, 0) is 0 Å². The minimum atomic E-state index is -0.676. The first-order valence-electron chi connectivity index (χ1n) is 7.79. The van der Waals surface area contributed by atoms with Crippen molar-refractivity contribution in [2.45, 2.75) is 0 Å². The Kier molecular flexibility index (Phi) is 4.21. The molecule has 0 radical (unpaired) electrons. The second-order valence-electron chi connectivity index (χ2n) is 5.72. The second-order valence-corrected chi connectivity index (χ2v) is 6.64. The zero-order valence-corrected chi connectivity index (χ0v) is 14.5. The topological polar surface area (TPSA) is 99.5 Å². The van der Waals surface area contributed by atoms with Gasteiger partial charge in [-0.05, 0) is 29.6 Å². The Morgan fingerprint density at radius 3 is 2.59 bits per heavy atom. The molecule has 4 N–H and O–H groups in total. The molecule has 0 aliphatic carbocycles. The van der Waals surface area contributed by atoms with Crippen molar-refractivity contribution in [2.75, 3.05) is 5.32 Å². The van der Waals surface area contributed by atoms with Gasteiger partial charge in [-0.2, -0.15) is 5.53 Å². The van der Waals surface area contributed by atoms with E-state index in [4.69, 9.17) is 11.3 Å². The summed E-state index contributed by atoms with van der Waals surface area (Å²) >= 11 is 1.53. The Bertz CT molecular complexity index is 1200. The van der Waals surface area contributed by atoms with Crippen molar-refractivity contribution in [3.05, 3.63) is 65.0 Å². The van der Waals surface area contributed by atoms with Crippen molar-refractivity contribution in [1.82, 2.24) is 4.98 Å². The summed E-state index contributed by atoms with van der Waals surface area (Å²) in [4.78, 5) is 4.60. The predicted octanol–water partition coefficient (Wildman–Crippen LogP) is 5.12. The number of nitrogens with zero attached hydrogens (tertiary/aromatic N) is 3. The maximum absolute atomic E-state index is 13.5. The zero-order valence-electron chi connectivity index (χ0n) is 13.7. The average Bonchev–Trinajstić information content (AvgIpc) is 3.11. The molecule has 4 aromatic rings. The molecule has 0 unspecified atom stereocenters. The normalized spacial score (nSPS) is 11.9. The summed E-state index contributed by atoms with van der Waals surface area (Å²) in [6.07, 6.45) is 0. The van der Waals surface area contributed by atoms with Crippen LogP contribution in [0.25, 0.3) is 21.0 Å². The molecule has 0 saturated carbocycles. The van der Waals surface area contributed by atoms with Gasteiger partial charge in [0, 0.05) is 32.8 Å². The maximum atomic E-state index is 13.5. The standard InChI is InChI=1S/C18H12F2N6S/c19-10-6-11(20)8-12(7-10)23-18-14-3-4-27-16(14)13-2-1-9(5-15(13)24-18)17(21)25-26-22/h1-8H,(H,23,24)(H3,21,22,25). The molecule has 9 heteroatoms. The van der Waals surface area contributed by atoms with Crippen LogP contribution in [0.3, 0.4) is 0 Å². The Morgan fingerprint density at radius 2 is 1.85 bits per heavy atom. The SMILES string of the molecule is N=N/N=C(\N)c1ccc2c(c1)nc(Nc1cc(F)cc(F)c1)c1ccsc12. The molecule has 0 aliphatic heterocycles. The summed E-state index contributed by atoms with van der Waals surface area (Å²) in [5, 5.41) is 13.1. The lowest BCUT2D eigenvalue weighted by atomic mass is 10.1. The van der Waals surface area contributed by atoms with E-state index in [-0.39, 0.29) is 11.5 Å². The fraction of sp³-hybridized carbons (Fsp3) is 0. The van der Waals surface area contributed by atoms with E-state index >= 15 is 0 Å². The summed E-state index contributed by atoms with van der Waals surface area (Å²) in [5.41, 5.74) is 14.1. The highest BCUT2D eigenvalue weighted by atomic mass is 32.1. The van der Waals surface area contributed by atoms with E-state index in [2.05, 4.69) is 20.6 Å². The Morgan fingerprint density at radius 1 is 1.07 bits per heavy atom. The molecule has 27 heavy (non-hydrogen) atoms. The first-order valence-corrected chi connectivity index (χ1v) is 8.67. The van der Waals surface area contributed by atoms with Crippen molar-refractivity contribution in [3.63, 3.8) is 0 Å². The molecule has 0 saturated heterocycles. The molecular formula is C18H12F2N6S. The van der Waals surface area contributed by atoms with Crippen LogP contribution in [0.4, 0.5) is 20.3 Å². The van der Waals surface area contributed by atoms with Crippen LogP contribution in [0.5, 0.6) is 0 Å². The van der Waals surface area contributed by atoms with Crippen molar-refractivity contribution in [3.8, 4) is 0 Å². The van der Waals surface area contributed by atoms with Gasteiger partial charge >= 0.3 is 0 Å². The number of benzene rings is 2. The maximum Gasteiger partial charge on any atom is 0.155 e. The van der Waals surface area contributed by atoms with Gasteiger partial charge in [0.1, 0.15) is 17.5 Å². The summed E-state index contributed by atoms with van der Waals surface area (Å²) in [7, 11) is 0. The van der Waals surface area contributed by atoms with E-state index in [0.717, 1.165) is 21.5 Å². The summed E-state index contributed by atoms with van der Waals surface area (Å²) < 4.78 is 28.0. The molecule has 134 valence electrons. The highest BCUT2D eigenvalue weighted by molar-refractivity contribution is 7.18. The van der Waals surface area contributed by atoms with E-state index in [9.17, 15) is 8.78 Å². The smallest absolute Gasteiger partial charge is 0.155 e. The first kappa shape index (κ1) is 17.0. The van der Waals surface area contributed by atoms with Gasteiger partial charge in [0.05, 0.1) is 5.52 Å². The lowest BCUT2D eigenvalue weighted by Crippen LogP contribution is -2.12. The molecule has 0 atom stereocenters. The minimum Gasteiger partial charge on any atom is -0.382 e. The van der Waals surface area contributed by atoms with Gasteiger partial charge in [-0.15, -0.1) is 16.4 Å². The molecule has 0 aliphatic rings. The molecule has 6 nitrogen and oxygen atoms in total. The van der Waals surface area contributed by atoms with Gasteiger partial charge in [-0.1, -0.05) is 17.4 Å². The second kappa shape index (κ2) is 6.69. The van der Waals surface area contributed by atoms with Crippen LogP contribution in [0.15, 0.2) is 58.2 Å². The molecule has 0 bridgehead atoms. The summed E-state index contributed by atoms with van der Waals surface area (Å²) in [6.45, 7) is 0. The number of anilines is 2. The number of pyridine rings is 1. The number of rotatable bonds is 4. The molecule has 0 fully saturated rings. The van der Waals surface area contributed by atoms with Crippen LogP contribution in [0, 0.1) is 17.2 Å². The van der Waals surface area contributed by atoms with E-state index in [1.54, 1.807) is 12.1 Å². The number of fused-ring (bicyclic) bond motifs is 3. The summed E-state index contributed by atoms with van der Waals surface area (Å²) in [6, 6.07) is 10.5. The number of nitrogens with two attached hydrogens (primary N) is 1. The predicted molar refractivity (Wildman–Crippen MR) is 103 cm³/mol. The fourth-order valence-corrected chi connectivity index (χ4v) is 3.76. The molecule has 0 amide bonds. The third-order valence-corrected chi connectivity index (χ3v) is 4.92. The summed E-state index contributed by atoms with van der Waals surface area (Å²) in [5.74, 6) is -0.779. The Balaban J connectivity index is 1.89. The van der Waals surface area contributed by atoms with E-state index in [1.807, 2.05) is 17.5 Å². The lowest BCUT2D eigenvalue weighted by molar-refractivity contribution is 0.584. The quantitative estimate of drug-likeness (QED) is 0.198. The number of hydrogen-bond donors (Lipinski definition) is 3. The molecular weight excluding hydrogens is 370 g/mol. The lowest BCUT2D eigenvalue weighted by Gasteiger charge is -2.10. The van der Waals surface area contributed by atoms with Crippen LogP contribution >= 0.6 is 11.3 Å². The monoisotopic (exact) mass is 382 g/mol. The van der Waals surface area contributed by atoms with Gasteiger partial charge in [-0.3, -0.25) is 0 Å². The molecule has 2 aromatic carbocycles. The molecule has 0 spiro atoms. The number of amidine groups is 1. The van der Waals surface area contributed by atoms with Gasteiger partial charge < -0.3 is 11.1 Å². The van der Waals surface area contributed by atoms with E-state index < -0.39 is 11.6 Å². The highest BCUT2D eigenvalue weighted by Crippen LogP contribution is 2.35. The molecule has 2 aromatic heterocycles. The highest BCUT2D eigenvalue weighted by Gasteiger charge is 2.12. The number of aromatic nitrogens is 1. The number of nitrogens with one attached hydrogen (secondary N) is 2. The van der Waals surface area contributed by atoms with Crippen molar-refractivity contribution in [1.29, 1.82) is 5.53 Å². The number of thiophene rings is 1. The minimum absolute atomic E-state index is 0.0988. The van der Waals surface area contributed by atoms with Crippen LogP contribution in [-0.4, -0.2) is 10.8 Å². The van der Waals surface area contributed by atoms with Crippen LogP contribution < -0.4 is 11.1 Å². The largest absolute Gasteiger partial charge is 0.382 e. The molecule has 2 heterocycles. The van der Waals surface area contributed by atoms with Gasteiger partial charge in [0.2, 0.25) is 0 Å². The van der Waals surface area contributed by atoms with Gasteiger partial charge in [0.25, 0.3) is 0 Å². The first-order chi connectivity index (χ1) is 13.0. The van der Waals surface area contributed by atoms with E-state index in [0.29, 0.717) is 16.9 Å².